The molecule has 1 aromatic rings. The summed E-state index contributed by atoms with van der Waals surface area (Å²) in [7, 11) is 0. The maximum Gasteiger partial charge on any atom is 0.225 e. The lowest BCUT2D eigenvalue weighted by Gasteiger charge is -2.18. The molecule has 0 saturated heterocycles. The van der Waals surface area contributed by atoms with Crippen LogP contribution in [0.2, 0.25) is 0 Å². The summed E-state index contributed by atoms with van der Waals surface area (Å²) in [6.07, 6.45) is 0.930. The number of nitrogens with one attached hydrogen (secondary N) is 3. The SMILES string of the molecule is CCNC(=NCCCn1nc(C)cc1C)NCCNC(=O)C(C)(C)C.I. The van der Waals surface area contributed by atoms with Crippen molar-refractivity contribution in [3.8, 4) is 0 Å². The first-order valence-electron chi connectivity index (χ1n) is 9.05. The summed E-state index contributed by atoms with van der Waals surface area (Å²) in [4.78, 5) is 16.4. The molecule has 26 heavy (non-hydrogen) atoms. The molecular formula is C18H35IN6O. The number of amides is 1. The van der Waals surface area contributed by atoms with Crippen molar-refractivity contribution >= 4 is 35.8 Å². The van der Waals surface area contributed by atoms with E-state index in [-0.39, 0.29) is 35.3 Å². The number of halogens is 1. The maximum absolute atomic E-state index is 11.8. The zero-order chi connectivity index (χ0) is 18.9. The zero-order valence-electron chi connectivity index (χ0n) is 17.0. The van der Waals surface area contributed by atoms with Gasteiger partial charge in [0, 0.05) is 43.8 Å². The Morgan fingerprint density at radius 3 is 2.38 bits per heavy atom. The van der Waals surface area contributed by atoms with Crippen LogP contribution in [-0.4, -0.2) is 47.8 Å². The van der Waals surface area contributed by atoms with Crippen molar-refractivity contribution < 1.29 is 4.79 Å². The number of nitrogens with zero attached hydrogens (tertiary/aromatic N) is 3. The lowest BCUT2D eigenvalue weighted by atomic mass is 9.96. The van der Waals surface area contributed by atoms with Crippen LogP contribution in [0, 0.1) is 19.3 Å². The quantitative estimate of drug-likeness (QED) is 0.232. The highest BCUT2D eigenvalue weighted by atomic mass is 127. The van der Waals surface area contributed by atoms with Gasteiger partial charge in [-0.25, -0.2) is 0 Å². The molecule has 0 bridgehead atoms. The molecule has 1 heterocycles. The minimum atomic E-state index is -0.360. The molecule has 0 aliphatic heterocycles. The average molecular weight is 478 g/mol. The Bertz CT molecular complexity index is 577. The Kier molecular flexibility index (Phi) is 11.5. The predicted molar refractivity (Wildman–Crippen MR) is 118 cm³/mol. The predicted octanol–water partition coefficient (Wildman–Crippen LogP) is 2.23. The Labute approximate surface area is 174 Å². The molecule has 0 aromatic carbocycles. The van der Waals surface area contributed by atoms with Crippen LogP contribution >= 0.6 is 24.0 Å². The van der Waals surface area contributed by atoms with Crippen LogP contribution in [0.25, 0.3) is 0 Å². The van der Waals surface area contributed by atoms with Gasteiger partial charge in [-0.15, -0.1) is 24.0 Å². The second-order valence-corrected chi connectivity index (χ2v) is 7.20. The monoisotopic (exact) mass is 478 g/mol. The van der Waals surface area contributed by atoms with E-state index in [1.807, 2.05) is 39.3 Å². The summed E-state index contributed by atoms with van der Waals surface area (Å²) in [5, 5.41) is 13.8. The number of aromatic nitrogens is 2. The number of aliphatic imine (C=N–C) groups is 1. The van der Waals surface area contributed by atoms with Gasteiger partial charge in [-0.05, 0) is 33.3 Å². The Hall–Kier alpha value is -1.32. The number of aryl methyl sites for hydroxylation is 3. The molecule has 150 valence electrons. The molecule has 0 spiro atoms. The van der Waals surface area contributed by atoms with Crippen molar-refractivity contribution in [2.24, 2.45) is 10.4 Å². The first-order valence-corrected chi connectivity index (χ1v) is 9.05. The molecule has 8 heteroatoms. The van der Waals surface area contributed by atoms with Gasteiger partial charge in [-0.1, -0.05) is 20.8 Å². The molecule has 0 aliphatic carbocycles. The standard InChI is InChI=1S/C18H34N6O.HI/c1-7-19-17(22-11-10-20-16(25)18(4,5)6)21-9-8-12-24-15(3)13-14(2)23-24;/h13H,7-12H2,1-6H3,(H,20,25)(H2,19,21,22);1H. The van der Waals surface area contributed by atoms with E-state index in [1.165, 1.54) is 5.69 Å². The van der Waals surface area contributed by atoms with Gasteiger partial charge in [0.25, 0.3) is 0 Å². The Morgan fingerprint density at radius 1 is 1.19 bits per heavy atom. The maximum atomic E-state index is 11.8. The number of hydrogen-bond donors (Lipinski definition) is 3. The number of rotatable bonds is 8. The van der Waals surface area contributed by atoms with E-state index in [0.717, 1.165) is 37.7 Å². The normalized spacial score (nSPS) is 11.7. The van der Waals surface area contributed by atoms with Crippen molar-refractivity contribution in [1.82, 2.24) is 25.7 Å². The third kappa shape index (κ3) is 9.40. The van der Waals surface area contributed by atoms with E-state index in [1.54, 1.807) is 0 Å². The first-order chi connectivity index (χ1) is 11.7. The van der Waals surface area contributed by atoms with Gasteiger partial charge >= 0.3 is 0 Å². The highest BCUT2D eigenvalue weighted by Crippen LogP contribution is 2.11. The van der Waals surface area contributed by atoms with Gasteiger partial charge in [0.1, 0.15) is 0 Å². The fourth-order valence-corrected chi connectivity index (χ4v) is 2.28. The molecule has 0 saturated carbocycles. The van der Waals surface area contributed by atoms with Gasteiger partial charge < -0.3 is 16.0 Å². The molecule has 1 amide bonds. The molecular weight excluding hydrogens is 443 g/mol. The zero-order valence-corrected chi connectivity index (χ0v) is 19.3. The van der Waals surface area contributed by atoms with Gasteiger partial charge in [0.05, 0.1) is 5.69 Å². The summed E-state index contributed by atoms with van der Waals surface area (Å²) in [5.41, 5.74) is 1.87. The van der Waals surface area contributed by atoms with E-state index in [2.05, 4.69) is 39.0 Å². The number of hydrogen-bond acceptors (Lipinski definition) is 3. The van der Waals surface area contributed by atoms with Crippen LogP contribution < -0.4 is 16.0 Å². The third-order valence-corrected chi connectivity index (χ3v) is 3.63. The molecule has 0 radical (unpaired) electrons. The van der Waals surface area contributed by atoms with Crippen LogP contribution in [0.1, 0.15) is 45.5 Å². The largest absolute Gasteiger partial charge is 0.357 e. The topological polar surface area (TPSA) is 83.3 Å². The first kappa shape index (κ1) is 24.7. The summed E-state index contributed by atoms with van der Waals surface area (Å²) in [6.45, 7) is 15.4. The van der Waals surface area contributed by atoms with Crippen molar-refractivity contribution in [2.45, 2.75) is 54.5 Å². The van der Waals surface area contributed by atoms with Crippen LogP contribution in [0.4, 0.5) is 0 Å². The lowest BCUT2D eigenvalue weighted by molar-refractivity contribution is -0.128. The second kappa shape index (κ2) is 12.1. The molecule has 0 atom stereocenters. The highest BCUT2D eigenvalue weighted by Gasteiger charge is 2.20. The minimum absolute atomic E-state index is 0. The molecule has 0 unspecified atom stereocenters. The van der Waals surface area contributed by atoms with Crippen molar-refractivity contribution in [3.63, 3.8) is 0 Å². The Balaban J connectivity index is 0.00000625. The molecule has 7 nitrogen and oxygen atoms in total. The minimum Gasteiger partial charge on any atom is -0.357 e. The van der Waals surface area contributed by atoms with Crippen LogP contribution in [0.15, 0.2) is 11.1 Å². The van der Waals surface area contributed by atoms with E-state index < -0.39 is 0 Å². The summed E-state index contributed by atoms with van der Waals surface area (Å²) in [5.74, 6) is 0.835. The summed E-state index contributed by atoms with van der Waals surface area (Å²) in [6, 6.07) is 2.08. The van der Waals surface area contributed by atoms with Crippen molar-refractivity contribution in [2.75, 3.05) is 26.2 Å². The van der Waals surface area contributed by atoms with Gasteiger partial charge in [-0.3, -0.25) is 14.5 Å². The highest BCUT2D eigenvalue weighted by molar-refractivity contribution is 14.0. The lowest BCUT2D eigenvalue weighted by Crippen LogP contribution is -2.43. The second-order valence-electron chi connectivity index (χ2n) is 7.20. The molecule has 3 N–H and O–H groups in total. The van der Waals surface area contributed by atoms with Crippen LogP contribution in [-0.2, 0) is 11.3 Å². The number of carbonyl (C=O) groups excluding carboxylic acids is 1. The van der Waals surface area contributed by atoms with E-state index in [9.17, 15) is 4.79 Å². The van der Waals surface area contributed by atoms with Gasteiger partial charge in [-0.2, -0.15) is 5.10 Å². The average Bonchev–Trinajstić information content (AvgIpc) is 2.84. The van der Waals surface area contributed by atoms with Crippen molar-refractivity contribution in [1.29, 1.82) is 0 Å². The van der Waals surface area contributed by atoms with Crippen LogP contribution in [0.5, 0.6) is 0 Å². The van der Waals surface area contributed by atoms with E-state index in [4.69, 9.17) is 0 Å². The fraction of sp³-hybridized carbons (Fsp3) is 0.722. The Morgan fingerprint density at radius 2 is 1.85 bits per heavy atom. The molecule has 0 fully saturated rings. The van der Waals surface area contributed by atoms with Gasteiger partial charge in [0.15, 0.2) is 5.96 Å². The molecule has 1 aromatic heterocycles. The summed E-state index contributed by atoms with van der Waals surface area (Å²) >= 11 is 0. The summed E-state index contributed by atoms with van der Waals surface area (Å²) < 4.78 is 2.02. The van der Waals surface area contributed by atoms with E-state index >= 15 is 0 Å². The molecule has 1 rings (SSSR count). The molecule has 0 aliphatic rings. The van der Waals surface area contributed by atoms with E-state index in [0.29, 0.717) is 13.1 Å². The number of carbonyl (C=O) groups is 1. The smallest absolute Gasteiger partial charge is 0.225 e. The number of guanidine groups is 1. The van der Waals surface area contributed by atoms with Crippen molar-refractivity contribution in [3.05, 3.63) is 17.5 Å². The van der Waals surface area contributed by atoms with Gasteiger partial charge in [0.2, 0.25) is 5.91 Å². The fourth-order valence-electron chi connectivity index (χ4n) is 2.28. The third-order valence-electron chi connectivity index (χ3n) is 3.63. The van der Waals surface area contributed by atoms with Crippen LogP contribution in [0.3, 0.4) is 0 Å².